The van der Waals surface area contributed by atoms with Crippen LogP contribution in [0, 0.1) is 0 Å². The van der Waals surface area contributed by atoms with Crippen LogP contribution in [-0.4, -0.2) is 11.6 Å². The molecule has 1 aliphatic carbocycles. The van der Waals surface area contributed by atoms with Crippen LogP contribution in [0.4, 0.5) is 0 Å². The van der Waals surface area contributed by atoms with E-state index >= 15 is 0 Å². The van der Waals surface area contributed by atoms with Crippen molar-refractivity contribution in [1.82, 2.24) is 0 Å². The largest absolute Gasteiger partial charge is 0.299 e. The molecular weight excluding hydrogens is 200 g/mol. The van der Waals surface area contributed by atoms with Gasteiger partial charge in [-0.05, 0) is 12.8 Å². The predicted octanol–water partition coefficient (Wildman–Crippen LogP) is 3.07. The fraction of sp³-hybridized carbons (Fsp3) is 0.818. The molecule has 0 saturated heterocycles. The van der Waals surface area contributed by atoms with Gasteiger partial charge in [-0.2, -0.15) is 0 Å². The molecule has 0 radical (unpaired) electrons. The molecule has 0 atom stereocenters. The standard InChI is InChI=1S/C11H18O2.ClH/c12-10-7-5-3-1-2-4-6-8-11(13)9-10;/h1-9H2;1H. The molecule has 2 nitrogen and oxygen atoms in total. The Bertz CT molecular complexity index is 170. The smallest absolute Gasteiger partial charge is 0.140 e. The highest BCUT2D eigenvalue weighted by atomic mass is 35.5. The summed E-state index contributed by atoms with van der Waals surface area (Å²) in [6, 6.07) is 0. The molecule has 3 heteroatoms. The fourth-order valence-electron chi connectivity index (χ4n) is 1.75. The van der Waals surface area contributed by atoms with Crippen LogP contribution in [0.1, 0.15) is 57.8 Å². The van der Waals surface area contributed by atoms with Crippen LogP contribution in [0.25, 0.3) is 0 Å². The second kappa shape index (κ2) is 7.98. The van der Waals surface area contributed by atoms with Crippen molar-refractivity contribution >= 4 is 24.0 Å². The minimum absolute atomic E-state index is 0. The maximum Gasteiger partial charge on any atom is 0.140 e. The van der Waals surface area contributed by atoms with Crippen molar-refractivity contribution in [1.29, 1.82) is 0 Å². The van der Waals surface area contributed by atoms with E-state index < -0.39 is 0 Å². The molecule has 14 heavy (non-hydrogen) atoms. The van der Waals surface area contributed by atoms with Gasteiger partial charge in [0.25, 0.3) is 0 Å². The monoisotopic (exact) mass is 218 g/mol. The summed E-state index contributed by atoms with van der Waals surface area (Å²) in [6.07, 6.45) is 8.14. The Morgan fingerprint density at radius 1 is 0.643 bits per heavy atom. The van der Waals surface area contributed by atoms with E-state index in [1.54, 1.807) is 0 Å². The summed E-state index contributed by atoms with van der Waals surface area (Å²) < 4.78 is 0. The van der Waals surface area contributed by atoms with Gasteiger partial charge < -0.3 is 0 Å². The normalized spacial score (nSPS) is 20.9. The molecule has 0 aromatic carbocycles. The number of Topliss-reactive ketones (excluding diaryl/α,β-unsaturated/α-hetero) is 2. The lowest BCUT2D eigenvalue weighted by Crippen LogP contribution is -2.06. The summed E-state index contributed by atoms with van der Waals surface area (Å²) in [5, 5.41) is 0. The Kier molecular flexibility index (Phi) is 7.77. The molecule has 1 rings (SSSR count). The van der Waals surface area contributed by atoms with Crippen LogP contribution >= 0.6 is 12.4 Å². The average molecular weight is 219 g/mol. The molecule has 1 fully saturated rings. The van der Waals surface area contributed by atoms with Gasteiger partial charge in [-0.1, -0.05) is 25.7 Å². The SMILES string of the molecule is Cl.O=C1CCCCCCCCC(=O)C1. The van der Waals surface area contributed by atoms with Crippen molar-refractivity contribution in [3.8, 4) is 0 Å². The minimum atomic E-state index is 0. The van der Waals surface area contributed by atoms with Crippen molar-refractivity contribution in [3.05, 3.63) is 0 Å². The van der Waals surface area contributed by atoms with Gasteiger partial charge in [0, 0.05) is 12.8 Å². The minimum Gasteiger partial charge on any atom is -0.299 e. The first kappa shape index (κ1) is 13.6. The van der Waals surface area contributed by atoms with Crippen LogP contribution in [0.2, 0.25) is 0 Å². The summed E-state index contributed by atoms with van der Waals surface area (Å²) in [7, 11) is 0. The van der Waals surface area contributed by atoms with Gasteiger partial charge in [0.1, 0.15) is 11.6 Å². The lowest BCUT2D eigenvalue weighted by atomic mass is 10.1. The highest BCUT2D eigenvalue weighted by Crippen LogP contribution is 2.12. The van der Waals surface area contributed by atoms with E-state index in [0.29, 0.717) is 12.8 Å². The Hall–Kier alpha value is -0.370. The molecule has 0 N–H and O–H groups in total. The first-order chi connectivity index (χ1) is 6.29. The van der Waals surface area contributed by atoms with Crippen molar-refractivity contribution in [2.75, 3.05) is 0 Å². The highest BCUT2D eigenvalue weighted by Gasteiger charge is 2.10. The molecular formula is C11H19ClO2. The molecule has 0 amide bonds. The zero-order chi connectivity index (χ0) is 9.52. The Morgan fingerprint density at radius 3 is 1.43 bits per heavy atom. The van der Waals surface area contributed by atoms with Gasteiger partial charge in [0.05, 0.1) is 6.42 Å². The summed E-state index contributed by atoms with van der Waals surface area (Å²) in [5.41, 5.74) is 0. The summed E-state index contributed by atoms with van der Waals surface area (Å²) in [5.74, 6) is 0.291. The van der Waals surface area contributed by atoms with E-state index in [1.807, 2.05) is 0 Å². The summed E-state index contributed by atoms with van der Waals surface area (Å²) in [4.78, 5) is 22.4. The van der Waals surface area contributed by atoms with Crippen molar-refractivity contribution in [2.24, 2.45) is 0 Å². The summed E-state index contributed by atoms with van der Waals surface area (Å²) in [6.45, 7) is 0. The number of ketones is 2. The second-order valence-corrected chi connectivity index (χ2v) is 3.88. The zero-order valence-electron chi connectivity index (χ0n) is 8.59. The van der Waals surface area contributed by atoms with Crippen LogP contribution < -0.4 is 0 Å². The van der Waals surface area contributed by atoms with Gasteiger partial charge in [0.15, 0.2) is 0 Å². The van der Waals surface area contributed by atoms with E-state index in [2.05, 4.69) is 0 Å². The molecule has 82 valence electrons. The van der Waals surface area contributed by atoms with Crippen molar-refractivity contribution in [2.45, 2.75) is 57.8 Å². The molecule has 0 aromatic heterocycles. The number of rotatable bonds is 0. The molecule has 0 aromatic rings. The fourth-order valence-corrected chi connectivity index (χ4v) is 1.75. The average Bonchev–Trinajstić information content (AvgIpc) is 2.11. The third-order valence-electron chi connectivity index (χ3n) is 2.56. The Morgan fingerprint density at radius 2 is 1.00 bits per heavy atom. The number of carbonyl (C=O) groups is 2. The Labute approximate surface area is 91.9 Å². The maximum atomic E-state index is 11.2. The zero-order valence-corrected chi connectivity index (χ0v) is 9.41. The third kappa shape index (κ3) is 6.14. The van der Waals surface area contributed by atoms with Crippen LogP contribution in [0.3, 0.4) is 0 Å². The molecule has 1 saturated carbocycles. The van der Waals surface area contributed by atoms with E-state index in [1.165, 1.54) is 12.8 Å². The molecule has 0 unspecified atom stereocenters. The number of halogens is 1. The predicted molar refractivity (Wildman–Crippen MR) is 58.8 cm³/mol. The second-order valence-electron chi connectivity index (χ2n) is 3.88. The number of hydrogen-bond donors (Lipinski definition) is 0. The lowest BCUT2D eigenvalue weighted by Gasteiger charge is -1.97. The van der Waals surface area contributed by atoms with Gasteiger partial charge in [-0.25, -0.2) is 0 Å². The topological polar surface area (TPSA) is 34.1 Å². The van der Waals surface area contributed by atoms with E-state index in [9.17, 15) is 9.59 Å². The third-order valence-corrected chi connectivity index (χ3v) is 2.56. The highest BCUT2D eigenvalue weighted by molar-refractivity contribution is 5.98. The molecule has 0 spiro atoms. The summed E-state index contributed by atoms with van der Waals surface area (Å²) >= 11 is 0. The van der Waals surface area contributed by atoms with Crippen molar-refractivity contribution in [3.63, 3.8) is 0 Å². The van der Waals surface area contributed by atoms with E-state index in [0.717, 1.165) is 25.7 Å². The molecule has 0 aliphatic heterocycles. The van der Waals surface area contributed by atoms with E-state index in [-0.39, 0.29) is 30.4 Å². The quantitative estimate of drug-likeness (QED) is 0.586. The number of hydrogen-bond acceptors (Lipinski definition) is 2. The van der Waals surface area contributed by atoms with Crippen LogP contribution in [-0.2, 0) is 9.59 Å². The van der Waals surface area contributed by atoms with Gasteiger partial charge >= 0.3 is 0 Å². The number of carbonyl (C=O) groups excluding carboxylic acids is 2. The van der Waals surface area contributed by atoms with Gasteiger partial charge in [-0.15, -0.1) is 12.4 Å². The van der Waals surface area contributed by atoms with Crippen LogP contribution in [0.15, 0.2) is 0 Å². The molecule has 1 aliphatic rings. The maximum absolute atomic E-state index is 11.2. The van der Waals surface area contributed by atoms with Gasteiger partial charge in [-0.3, -0.25) is 9.59 Å². The first-order valence-corrected chi connectivity index (χ1v) is 5.32. The van der Waals surface area contributed by atoms with Crippen molar-refractivity contribution < 1.29 is 9.59 Å². The van der Waals surface area contributed by atoms with Crippen LogP contribution in [0.5, 0.6) is 0 Å². The van der Waals surface area contributed by atoms with E-state index in [4.69, 9.17) is 0 Å². The molecule has 0 heterocycles. The Balaban J connectivity index is 0.00000169. The van der Waals surface area contributed by atoms with Gasteiger partial charge in [0.2, 0.25) is 0 Å². The first-order valence-electron chi connectivity index (χ1n) is 5.32. The molecule has 0 bridgehead atoms. The lowest BCUT2D eigenvalue weighted by molar-refractivity contribution is -0.127.